The minimum absolute atomic E-state index is 0. The van der Waals surface area contributed by atoms with Crippen LogP contribution in [0.3, 0.4) is 0 Å². The van der Waals surface area contributed by atoms with Gasteiger partial charge < -0.3 is 24.0 Å². The van der Waals surface area contributed by atoms with Crippen molar-refractivity contribution >= 4 is 35.8 Å². The minimum atomic E-state index is -0.0515. The van der Waals surface area contributed by atoms with Crippen molar-refractivity contribution in [1.29, 1.82) is 0 Å². The zero-order valence-electron chi connectivity index (χ0n) is 14.9. The van der Waals surface area contributed by atoms with E-state index in [1.807, 2.05) is 17.0 Å². The van der Waals surface area contributed by atoms with Crippen molar-refractivity contribution in [1.82, 2.24) is 15.1 Å². The van der Waals surface area contributed by atoms with Gasteiger partial charge in [0.15, 0.2) is 11.7 Å². The maximum atomic E-state index is 12.3. The summed E-state index contributed by atoms with van der Waals surface area (Å²) in [6.45, 7) is 6.34. The molecule has 8 heteroatoms. The van der Waals surface area contributed by atoms with Crippen molar-refractivity contribution in [3.63, 3.8) is 0 Å². The molecule has 3 rings (SSSR count). The molecule has 1 saturated heterocycles. The predicted molar refractivity (Wildman–Crippen MR) is 110 cm³/mol. The number of rotatable bonds is 5. The first-order valence-electron chi connectivity index (χ1n) is 8.66. The second-order valence-electron chi connectivity index (χ2n) is 5.82. The molecule has 1 aliphatic heterocycles. The van der Waals surface area contributed by atoms with Crippen LogP contribution in [0, 0.1) is 0 Å². The first-order chi connectivity index (χ1) is 12.3. The number of nitrogens with zero attached hydrogens (tertiary/aromatic N) is 3. The number of piperazine rings is 1. The average molecular weight is 472 g/mol. The Morgan fingerprint density at radius 3 is 2.42 bits per heavy atom. The molecular formula is C18H25IN4O3. The number of guanidine groups is 1. The second-order valence-corrected chi connectivity index (χ2v) is 5.82. The predicted octanol–water partition coefficient (Wildman–Crippen LogP) is 2.46. The fourth-order valence-electron chi connectivity index (χ4n) is 2.83. The van der Waals surface area contributed by atoms with Crippen LogP contribution in [0.1, 0.15) is 23.2 Å². The van der Waals surface area contributed by atoms with Crippen LogP contribution in [0.4, 0.5) is 0 Å². The second kappa shape index (κ2) is 10.2. The number of nitrogens with one attached hydrogen (secondary N) is 1. The Balaban J connectivity index is 0.00000243. The van der Waals surface area contributed by atoms with E-state index in [0.717, 1.165) is 37.8 Å². The maximum absolute atomic E-state index is 12.3. The third-order valence-corrected chi connectivity index (χ3v) is 4.13. The van der Waals surface area contributed by atoms with Gasteiger partial charge in [0.2, 0.25) is 0 Å². The summed E-state index contributed by atoms with van der Waals surface area (Å²) in [4.78, 5) is 21.0. The summed E-state index contributed by atoms with van der Waals surface area (Å²) < 4.78 is 10.5. The van der Waals surface area contributed by atoms with Gasteiger partial charge in [0.1, 0.15) is 5.76 Å². The van der Waals surface area contributed by atoms with Crippen molar-refractivity contribution < 1.29 is 13.6 Å². The summed E-state index contributed by atoms with van der Waals surface area (Å²) in [6.07, 6.45) is 3.98. The number of hydrogen-bond acceptors (Lipinski definition) is 4. The molecule has 1 fully saturated rings. The van der Waals surface area contributed by atoms with E-state index >= 15 is 0 Å². The molecule has 1 N–H and O–H groups in total. The molecule has 2 aromatic heterocycles. The van der Waals surface area contributed by atoms with E-state index in [1.165, 1.54) is 6.26 Å². The molecule has 26 heavy (non-hydrogen) atoms. The van der Waals surface area contributed by atoms with Crippen molar-refractivity contribution in [3.8, 4) is 0 Å². The first kappa shape index (κ1) is 20.3. The highest BCUT2D eigenvalue weighted by atomic mass is 127. The number of hydrogen-bond donors (Lipinski definition) is 1. The highest BCUT2D eigenvalue weighted by molar-refractivity contribution is 14.0. The van der Waals surface area contributed by atoms with E-state index in [9.17, 15) is 4.79 Å². The lowest BCUT2D eigenvalue weighted by Crippen LogP contribution is -2.53. The molecular weight excluding hydrogens is 447 g/mol. The molecule has 0 atom stereocenters. The van der Waals surface area contributed by atoms with Gasteiger partial charge in [0.25, 0.3) is 5.91 Å². The number of carbonyl (C=O) groups excluding carboxylic acids is 1. The molecule has 2 aromatic rings. The Hall–Kier alpha value is -1.97. The third kappa shape index (κ3) is 5.26. The van der Waals surface area contributed by atoms with Gasteiger partial charge >= 0.3 is 0 Å². The van der Waals surface area contributed by atoms with E-state index in [0.29, 0.717) is 25.4 Å². The summed E-state index contributed by atoms with van der Waals surface area (Å²) in [7, 11) is 0. The zero-order valence-corrected chi connectivity index (χ0v) is 17.2. The van der Waals surface area contributed by atoms with Crippen molar-refractivity contribution in [2.24, 2.45) is 4.99 Å². The van der Waals surface area contributed by atoms with Crippen LogP contribution in [0.2, 0.25) is 0 Å². The number of furan rings is 2. The largest absolute Gasteiger partial charge is 0.469 e. The normalized spacial score (nSPS) is 14.9. The minimum Gasteiger partial charge on any atom is -0.469 e. The SMILES string of the molecule is CCNC(=NCCc1ccco1)N1CCN(C(=O)c2ccco2)CC1.I. The molecule has 0 aromatic carbocycles. The summed E-state index contributed by atoms with van der Waals surface area (Å²) in [5, 5.41) is 3.33. The van der Waals surface area contributed by atoms with Gasteiger partial charge in [-0.1, -0.05) is 0 Å². The van der Waals surface area contributed by atoms with Gasteiger partial charge in [0, 0.05) is 45.7 Å². The molecule has 1 amide bonds. The third-order valence-electron chi connectivity index (χ3n) is 4.13. The van der Waals surface area contributed by atoms with Crippen LogP contribution >= 0.6 is 24.0 Å². The molecule has 142 valence electrons. The quantitative estimate of drug-likeness (QED) is 0.411. The van der Waals surface area contributed by atoms with Gasteiger partial charge in [-0.25, -0.2) is 0 Å². The number of amides is 1. The molecule has 0 saturated carbocycles. The Kier molecular flexibility index (Phi) is 8.02. The fraction of sp³-hybridized carbons (Fsp3) is 0.444. The molecule has 7 nitrogen and oxygen atoms in total. The fourth-order valence-corrected chi connectivity index (χ4v) is 2.83. The van der Waals surface area contributed by atoms with E-state index in [2.05, 4.69) is 22.1 Å². The maximum Gasteiger partial charge on any atom is 0.289 e. The van der Waals surface area contributed by atoms with Crippen molar-refractivity contribution in [3.05, 3.63) is 48.3 Å². The number of carbonyl (C=O) groups is 1. The lowest BCUT2D eigenvalue weighted by Gasteiger charge is -2.36. The van der Waals surface area contributed by atoms with Crippen LogP contribution in [0.5, 0.6) is 0 Å². The molecule has 0 spiro atoms. The van der Waals surface area contributed by atoms with Crippen LogP contribution in [-0.2, 0) is 6.42 Å². The van der Waals surface area contributed by atoms with Crippen molar-refractivity contribution in [2.75, 3.05) is 39.3 Å². The van der Waals surface area contributed by atoms with Gasteiger partial charge in [-0.2, -0.15) is 0 Å². The molecule has 1 aliphatic rings. The highest BCUT2D eigenvalue weighted by Crippen LogP contribution is 2.10. The lowest BCUT2D eigenvalue weighted by molar-refractivity contribution is 0.0657. The standard InChI is InChI=1S/C18H24N4O3.HI/c1-2-19-18(20-8-7-15-5-3-13-24-15)22-11-9-21(10-12-22)17(23)16-6-4-14-25-16;/h3-6,13-14H,2,7-12H2,1H3,(H,19,20);1H. The Morgan fingerprint density at radius 1 is 1.12 bits per heavy atom. The average Bonchev–Trinajstić information content (AvgIpc) is 3.34. The van der Waals surface area contributed by atoms with Crippen LogP contribution in [0.15, 0.2) is 50.6 Å². The smallest absolute Gasteiger partial charge is 0.289 e. The first-order valence-corrected chi connectivity index (χ1v) is 8.66. The molecule has 0 aliphatic carbocycles. The molecule has 0 unspecified atom stereocenters. The van der Waals surface area contributed by atoms with E-state index in [-0.39, 0.29) is 29.9 Å². The highest BCUT2D eigenvalue weighted by Gasteiger charge is 2.25. The summed E-state index contributed by atoms with van der Waals surface area (Å²) >= 11 is 0. The zero-order chi connectivity index (χ0) is 17.5. The Bertz CT molecular complexity index is 677. The Morgan fingerprint density at radius 2 is 1.81 bits per heavy atom. The van der Waals surface area contributed by atoms with Gasteiger partial charge in [-0.3, -0.25) is 9.79 Å². The monoisotopic (exact) mass is 472 g/mol. The van der Waals surface area contributed by atoms with Gasteiger partial charge in [0.05, 0.1) is 12.5 Å². The molecule has 3 heterocycles. The van der Waals surface area contributed by atoms with E-state index < -0.39 is 0 Å². The number of aliphatic imine (C=N–C) groups is 1. The van der Waals surface area contributed by atoms with Gasteiger partial charge in [-0.05, 0) is 31.2 Å². The lowest BCUT2D eigenvalue weighted by atomic mass is 10.3. The summed E-state index contributed by atoms with van der Waals surface area (Å²) in [5.74, 6) is 2.17. The van der Waals surface area contributed by atoms with Crippen LogP contribution in [-0.4, -0.2) is 60.9 Å². The van der Waals surface area contributed by atoms with Crippen molar-refractivity contribution in [2.45, 2.75) is 13.3 Å². The van der Waals surface area contributed by atoms with Gasteiger partial charge in [-0.15, -0.1) is 24.0 Å². The summed E-state index contributed by atoms with van der Waals surface area (Å²) in [6, 6.07) is 7.29. The summed E-state index contributed by atoms with van der Waals surface area (Å²) in [5.41, 5.74) is 0. The molecule has 0 radical (unpaired) electrons. The number of halogens is 1. The Labute approximate surface area is 170 Å². The van der Waals surface area contributed by atoms with E-state index in [1.54, 1.807) is 18.4 Å². The topological polar surface area (TPSA) is 74.2 Å². The molecule has 0 bridgehead atoms. The van der Waals surface area contributed by atoms with Crippen LogP contribution < -0.4 is 5.32 Å². The van der Waals surface area contributed by atoms with Crippen LogP contribution in [0.25, 0.3) is 0 Å². The van der Waals surface area contributed by atoms with E-state index in [4.69, 9.17) is 8.83 Å².